The van der Waals surface area contributed by atoms with Crippen molar-refractivity contribution in [3.8, 4) is 0 Å². The van der Waals surface area contributed by atoms with Gasteiger partial charge in [-0.05, 0) is 30.3 Å². The maximum atomic E-state index is 13.4. The lowest BCUT2D eigenvalue weighted by atomic mass is 10.1. The third kappa shape index (κ3) is 2.44. The molecule has 1 aromatic carbocycles. The Morgan fingerprint density at radius 3 is 2.82 bits per heavy atom. The summed E-state index contributed by atoms with van der Waals surface area (Å²) in [6, 6.07) is 6.97. The molecule has 0 aliphatic carbocycles. The van der Waals surface area contributed by atoms with Gasteiger partial charge in [0.1, 0.15) is 11.5 Å². The van der Waals surface area contributed by atoms with E-state index in [2.05, 4.69) is 10.3 Å². The second kappa shape index (κ2) is 5.36. The zero-order valence-corrected chi connectivity index (χ0v) is 11.2. The second-order valence-corrected chi connectivity index (χ2v) is 4.63. The molecule has 0 radical (unpaired) electrons. The minimum Gasteiger partial charge on any atom is -0.477 e. The smallest absolute Gasteiger partial charge is 0.352 e. The Morgan fingerprint density at radius 1 is 1.32 bits per heavy atom. The van der Waals surface area contributed by atoms with Crippen molar-refractivity contribution in [1.82, 2.24) is 10.3 Å². The number of hydrogen-bond acceptors (Lipinski definition) is 3. The van der Waals surface area contributed by atoms with Crippen LogP contribution < -0.4 is 5.32 Å². The second-order valence-electron chi connectivity index (χ2n) is 4.63. The molecular weight excluding hydrogens is 291 g/mol. The number of carboxylic acid groups (broad SMARTS) is 1. The molecular formula is C15H11FN2O4. The van der Waals surface area contributed by atoms with E-state index in [1.54, 1.807) is 6.07 Å². The van der Waals surface area contributed by atoms with E-state index >= 15 is 0 Å². The number of rotatable bonds is 4. The van der Waals surface area contributed by atoms with Crippen molar-refractivity contribution in [1.29, 1.82) is 0 Å². The number of aromatic nitrogens is 1. The van der Waals surface area contributed by atoms with Crippen molar-refractivity contribution in [3.05, 3.63) is 59.4 Å². The molecule has 0 spiro atoms. The van der Waals surface area contributed by atoms with Crippen molar-refractivity contribution >= 4 is 22.8 Å². The van der Waals surface area contributed by atoms with Gasteiger partial charge in [0.15, 0.2) is 5.76 Å². The van der Waals surface area contributed by atoms with Gasteiger partial charge in [-0.3, -0.25) is 4.79 Å². The van der Waals surface area contributed by atoms with Gasteiger partial charge < -0.3 is 19.8 Å². The van der Waals surface area contributed by atoms with Crippen LogP contribution in [-0.2, 0) is 6.54 Å². The Bertz CT molecular complexity index is 852. The zero-order chi connectivity index (χ0) is 15.7. The first kappa shape index (κ1) is 13.9. The lowest BCUT2D eigenvalue weighted by Crippen LogP contribution is -2.23. The van der Waals surface area contributed by atoms with Crippen molar-refractivity contribution < 1.29 is 23.5 Å². The van der Waals surface area contributed by atoms with Crippen molar-refractivity contribution in [2.24, 2.45) is 0 Å². The van der Waals surface area contributed by atoms with Crippen LogP contribution >= 0.6 is 0 Å². The average Bonchev–Trinajstić information content (AvgIpc) is 3.12. The topological polar surface area (TPSA) is 95.3 Å². The number of H-pyrrole nitrogens is 1. The number of carboxylic acids is 1. The summed E-state index contributed by atoms with van der Waals surface area (Å²) in [5, 5.41) is 12.2. The maximum Gasteiger partial charge on any atom is 0.352 e. The van der Waals surface area contributed by atoms with Gasteiger partial charge in [0.25, 0.3) is 5.91 Å². The number of aromatic carboxylic acids is 1. The quantitative estimate of drug-likeness (QED) is 0.690. The van der Waals surface area contributed by atoms with Crippen molar-refractivity contribution in [2.45, 2.75) is 6.54 Å². The summed E-state index contributed by atoms with van der Waals surface area (Å²) in [5.41, 5.74) is 0.711. The fourth-order valence-electron chi connectivity index (χ4n) is 2.25. The van der Waals surface area contributed by atoms with Gasteiger partial charge in [-0.1, -0.05) is 0 Å². The molecule has 0 aliphatic heterocycles. The predicted molar refractivity (Wildman–Crippen MR) is 75.1 cm³/mol. The third-order valence-electron chi connectivity index (χ3n) is 3.25. The molecule has 2 heterocycles. The summed E-state index contributed by atoms with van der Waals surface area (Å²) in [6.07, 6.45) is 1.36. The van der Waals surface area contributed by atoms with E-state index in [0.29, 0.717) is 16.5 Å². The molecule has 0 saturated carbocycles. The Morgan fingerprint density at radius 2 is 2.14 bits per heavy atom. The number of aromatic amines is 1. The van der Waals surface area contributed by atoms with Gasteiger partial charge >= 0.3 is 5.97 Å². The van der Waals surface area contributed by atoms with E-state index in [1.807, 2.05) is 0 Å². The minimum atomic E-state index is -1.18. The summed E-state index contributed by atoms with van der Waals surface area (Å²) in [6.45, 7) is -0.0649. The van der Waals surface area contributed by atoms with Gasteiger partial charge in [0.2, 0.25) is 0 Å². The summed E-state index contributed by atoms with van der Waals surface area (Å²) >= 11 is 0. The SMILES string of the molecule is O=C(NCc1c(C(=O)O)[nH]c2ccc(F)cc12)c1ccco1. The molecule has 2 aromatic heterocycles. The summed E-state index contributed by atoms with van der Waals surface area (Å²) in [7, 11) is 0. The van der Waals surface area contributed by atoms with Crippen LogP contribution in [0.1, 0.15) is 26.6 Å². The number of furan rings is 1. The summed E-state index contributed by atoms with van der Waals surface area (Å²) < 4.78 is 18.3. The number of carbonyl (C=O) groups excluding carboxylic acids is 1. The summed E-state index contributed by atoms with van der Waals surface area (Å²) in [4.78, 5) is 25.9. The molecule has 1 amide bonds. The molecule has 7 heteroatoms. The molecule has 112 valence electrons. The Hall–Kier alpha value is -3.09. The number of fused-ring (bicyclic) bond motifs is 1. The molecule has 3 aromatic rings. The van der Waals surface area contributed by atoms with Crippen LogP contribution in [0.25, 0.3) is 10.9 Å². The van der Waals surface area contributed by atoms with E-state index < -0.39 is 17.7 Å². The molecule has 3 rings (SSSR count). The first-order valence-electron chi connectivity index (χ1n) is 6.41. The molecule has 0 unspecified atom stereocenters. The molecule has 0 aliphatic rings. The highest BCUT2D eigenvalue weighted by Gasteiger charge is 2.18. The van der Waals surface area contributed by atoms with Crippen molar-refractivity contribution in [2.75, 3.05) is 0 Å². The van der Waals surface area contributed by atoms with Gasteiger partial charge in [-0.25, -0.2) is 9.18 Å². The number of nitrogens with one attached hydrogen (secondary N) is 2. The fourth-order valence-corrected chi connectivity index (χ4v) is 2.25. The molecule has 0 fully saturated rings. The molecule has 0 saturated heterocycles. The third-order valence-corrected chi connectivity index (χ3v) is 3.25. The molecule has 22 heavy (non-hydrogen) atoms. The van der Waals surface area contributed by atoms with Gasteiger partial charge in [0, 0.05) is 23.0 Å². The molecule has 6 nitrogen and oxygen atoms in total. The maximum absolute atomic E-state index is 13.4. The lowest BCUT2D eigenvalue weighted by Gasteiger charge is -2.04. The van der Waals surface area contributed by atoms with E-state index in [4.69, 9.17) is 4.42 Å². The van der Waals surface area contributed by atoms with E-state index in [9.17, 15) is 19.1 Å². The highest BCUT2D eigenvalue weighted by molar-refractivity contribution is 5.98. The van der Waals surface area contributed by atoms with Crippen LogP contribution in [-0.4, -0.2) is 22.0 Å². The number of hydrogen-bond donors (Lipinski definition) is 3. The Labute approximate surface area is 123 Å². The number of halogens is 1. The van der Waals surface area contributed by atoms with Crippen LogP contribution in [0.3, 0.4) is 0 Å². The van der Waals surface area contributed by atoms with E-state index in [-0.39, 0.29) is 18.0 Å². The predicted octanol–water partition coefficient (Wildman–Crippen LogP) is 2.53. The Kier molecular flexibility index (Phi) is 3.38. The number of carbonyl (C=O) groups is 2. The average molecular weight is 302 g/mol. The van der Waals surface area contributed by atoms with E-state index in [0.717, 1.165) is 0 Å². The first-order valence-corrected chi connectivity index (χ1v) is 6.41. The zero-order valence-electron chi connectivity index (χ0n) is 11.2. The normalized spacial score (nSPS) is 10.8. The lowest BCUT2D eigenvalue weighted by molar-refractivity contribution is 0.0689. The van der Waals surface area contributed by atoms with Gasteiger partial charge in [-0.15, -0.1) is 0 Å². The van der Waals surface area contributed by atoms with Gasteiger partial charge in [-0.2, -0.15) is 0 Å². The van der Waals surface area contributed by atoms with Crippen molar-refractivity contribution in [3.63, 3.8) is 0 Å². The van der Waals surface area contributed by atoms with E-state index in [1.165, 1.54) is 30.5 Å². The highest BCUT2D eigenvalue weighted by atomic mass is 19.1. The highest BCUT2D eigenvalue weighted by Crippen LogP contribution is 2.23. The molecule has 0 atom stereocenters. The largest absolute Gasteiger partial charge is 0.477 e. The van der Waals surface area contributed by atoms with Crippen LogP contribution in [0.4, 0.5) is 4.39 Å². The number of amides is 1. The standard InChI is InChI=1S/C15H11FN2O4/c16-8-3-4-11-9(6-8)10(13(18-11)15(20)21)7-17-14(19)12-2-1-5-22-12/h1-6,18H,7H2,(H,17,19)(H,20,21). The minimum absolute atomic E-state index is 0.0649. The summed E-state index contributed by atoms with van der Waals surface area (Å²) in [5.74, 6) is -2.03. The monoisotopic (exact) mass is 302 g/mol. The fraction of sp³-hybridized carbons (Fsp3) is 0.0667. The molecule has 3 N–H and O–H groups in total. The van der Waals surface area contributed by atoms with Crippen LogP contribution in [0, 0.1) is 5.82 Å². The first-order chi connectivity index (χ1) is 10.6. The van der Waals surface area contributed by atoms with Crippen LogP contribution in [0.5, 0.6) is 0 Å². The Balaban J connectivity index is 1.94. The van der Waals surface area contributed by atoms with Crippen LogP contribution in [0.15, 0.2) is 41.0 Å². The molecule has 0 bridgehead atoms. The van der Waals surface area contributed by atoms with Gasteiger partial charge in [0.05, 0.1) is 6.26 Å². The van der Waals surface area contributed by atoms with Crippen LogP contribution in [0.2, 0.25) is 0 Å². The number of benzene rings is 1.